The first-order valence-corrected chi connectivity index (χ1v) is 13.5. The number of aromatic amines is 1. The number of aliphatic carboxylic acids is 1. The van der Waals surface area contributed by atoms with Gasteiger partial charge < -0.3 is 19.7 Å². The molecule has 7 nitrogen and oxygen atoms in total. The van der Waals surface area contributed by atoms with E-state index in [1.165, 1.54) is 17.7 Å². The summed E-state index contributed by atoms with van der Waals surface area (Å²) in [5.74, 6) is -4.36. The minimum atomic E-state index is -1.55. The number of carboxylic acids is 1. The van der Waals surface area contributed by atoms with Crippen molar-refractivity contribution in [1.82, 2.24) is 14.8 Å². The van der Waals surface area contributed by atoms with E-state index < -0.39 is 29.5 Å². The molecular weight excluding hydrogens is 523 g/mol. The third-order valence-corrected chi connectivity index (χ3v) is 8.26. The zero-order chi connectivity index (χ0) is 28.4. The number of hydrogen-bond acceptors (Lipinski definition) is 4. The molecule has 0 bridgehead atoms. The van der Waals surface area contributed by atoms with Gasteiger partial charge in [0, 0.05) is 36.3 Å². The highest BCUT2D eigenvalue weighted by atomic mass is 19.2. The second-order valence-electron chi connectivity index (χ2n) is 10.5. The van der Waals surface area contributed by atoms with Gasteiger partial charge in [0.05, 0.1) is 7.11 Å². The van der Waals surface area contributed by atoms with E-state index >= 15 is 0 Å². The number of nitrogens with zero attached hydrogens (tertiary/aromatic N) is 2. The molecule has 0 saturated carbocycles. The molecule has 2 fully saturated rings. The number of hydrogen-bond donors (Lipinski definition) is 2. The van der Waals surface area contributed by atoms with E-state index in [2.05, 4.69) is 9.88 Å². The first-order chi connectivity index (χ1) is 19.2. The third-order valence-electron chi connectivity index (χ3n) is 8.26. The molecule has 1 amide bonds. The zero-order valence-corrected chi connectivity index (χ0v) is 22.2. The summed E-state index contributed by atoms with van der Waals surface area (Å²) in [4.78, 5) is 32.0. The molecule has 40 heavy (non-hydrogen) atoms. The third kappa shape index (κ3) is 5.72. The van der Waals surface area contributed by atoms with Crippen LogP contribution in [-0.4, -0.2) is 71.1 Å². The summed E-state index contributed by atoms with van der Waals surface area (Å²) in [5.41, 5.74) is 2.32. The van der Waals surface area contributed by atoms with Crippen molar-refractivity contribution in [3.05, 3.63) is 71.2 Å². The maximum atomic E-state index is 13.4. The Kier molecular flexibility index (Phi) is 8.16. The molecule has 2 aliphatic heterocycles. The van der Waals surface area contributed by atoms with Crippen molar-refractivity contribution in [1.29, 1.82) is 0 Å². The quantitative estimate of drug-likeness (QED) is 0.310. The molecule has 0 spiro atoms. The molecular formula is C30H32F3N3O4. The first-order valence-electron chi connectivity index (χ1n) is 13.5. The van der Waals surface area contributed by atoms with E-state index in [-0.39, 0.29) is 17.4 Å². The van der Waals surface area contributed by atoms with Crippen molar-refractivity contribution in [3.8, 4) is 5.75 Å². The molecule has 10 heteroatoms. The van der Waals surface area contributed by atoms with Gasteiger partial charge in [0.15, 0.2) is 17.5 Å². The topological polar surface area (TPSA) is 85.9 Å². The predicted molar refractivity (Wildman–Crippen MR) is 144 cm³/mol. The lowest BCUT2D eigenvalue weighted by Crippen LogP contribution is -2.52. The van der Waals surface area contributed by atoms with Gasteiger partial charge in [-0.1, -0.05) is 0 Å². The second kappa shape index (κ2) is 11.8. The van der Waals surface area contributed by atoms with Gasteiger partial charge in [0.1, 0.15) is 11.8 Å². The number of H-pyrrole nitrogens is 1. The van der Waals surface area contributed by atoms with Gasteiger partial charge in [-0.25, -0.2) is 13.2 Å². The Morgan fingerprint density at radius 1 is 1.02 bits per heavy atom. The number of nitrogens with one attached hydrogen (secondary N) is 1. The van der Waals surface area contributed by atoms with E-state index in [4.69, 9.17) is 4.74 Å². The highest BCUT2D eigenvalue weighted by Crippen LogP contribution is 2.36. The predicted octanol–water partition coefficient (Wildman–Crippen LogP) is 5.18. The fraction of sp³-hybridized carbons (Fsp3) is 0.400. The van der Waals surface area contributed by atoms with Crippen LogP contribution < -0.4 is 4.74 Å². The molecule has 5 rings (SSSR count). The Labute approximate surface area is 230 Å². The molecule has 1 atom stereocenters. The van der Waals surface area contributed by atoms with Gasteiger partial charge in [0.25, 0.3) is 0 Å². The number of halogens is 3. The Morgan fingerprint density at radius 3 is 2.33 bits per heavy atom. The van der Waals surface area contributed by atoms with Crippen molar-refractivity contribution in [2.24, 2.45) is 5.92 Å². The highest BCUT2D eigenvalue weighted by Gasteiger charge is 2.38. The maximum Gasteiger partial charge on any atom is 0.321 e. The van der Waals surface area contributed by atoms with Gasteiger partial charge in [-0.05, 0) is 98.1 Å². The summed E-state index contributed by atoms with van der Waals surface area (Å²) >= 11 is 0. The summed E-state index contributed by atoms with van der Waals surface area (Å²) in [6.45, 7) is 2.12. The Hall–Kier alpha value is -3.79. The van der Waals surface area contributed by atoms with E-state index in [1.807, 2.05) is 24.4 Å². The molecule has 3 aromatic rings. The molecule has 0 radical (unpaired) electrons. The average Bonchev–Trinajstić information content (AvgIpc) is 3.38. The molecule has 1 unspecified atom stereocenters. The smallest absolute Gasteiger partial charge is 0.321 e. The second-order valence-corrected chi connectivity index (χ2v) is 10.5. The van der Waals surface area contributed by atoms with Crippen LogP contribution in [0.2, 0.25) is 0 Å². The Balaban J connectivity index is 1.17. The van der Waals surface area contributed by atoms with Crippen LogP contribution >= 0.6 is 0 Å². The van der Waals surface area contributed by atoms with Gasteiger partial charge in [-0.2, -0.15) is 0 Å². The van der Waals surface area contributed by atoms with Crippen molar-refractivity contribution in [2.45, 2.75) is 37.6 Å². The number of carbonyl (C=O) groups is 2. The molecule has 212 valence electrons. The zero-order valence-electron chi connectivity index (χ0n) is 22.2. The van der Waals surface area contributed by atoms with Crippen LogP contribution in [0.3, 0.4) is 0 Å². The number of methoxy groups -OCH3 is 1. The van der Waals surface area contributed by atoms with Gasteiger partial charge in [-0.3, -0.25) is 14.5 Å². The summed E-state index contributed by atoms with van der Waals surface area (Å²) in [5, 5.41) is 11.3. The van der Waals surface area contributed by atoms with Crippen molar-refractivity contribution >= 4 is 28.9 Å². The number of benzene rings is 2. The van der Waals surface area contributed by atoms with Crippen LogP contribution in [0.25, 0.3) is 17.0 Å². The number of piperidine rings is 2. The molecule has 2 saturated heterocycles. The van der Waals surface area contributed by atoms with Crippen LogP contribution in [0.5, 0.6) is 5.75 Å². The SMILES string of the molecule is COc1ccc2[nH]cc(C3CCN(C(C(=O)O)C4CCN(C(=O)C=Cc5cc(F)c(F)c(F)c5)CC4)CC3)c2c1. The number of fused-ring (bicyclic) bond motifs is 1. The maximum absolute atomic E-state index is 13.4. The van der Waals surface area contributed by atoms with E-state index in [9.17, 15) is 27.9 Å². The minimum Gasteiger partial charge on any atom is -0.497 e. The largest absolute Gasteiger partial charge is 0.497 e. The minimum absolute atomic E-state index is 0.0424. The van der Waals surface area contributed by atoms with E-state index in [0.29, 0.717) is 44.9 Å². The number of amides is 1. The summed E-state index contributed by atoms with van der Waals surface area (Å²) < 4.78 is 45.4. The van der Waals surface area contributed by atoms with Crippen LogP contribution in [0, 0.1) is 23.4 Å². The fourth-order valence-electron chi connectivity index (χ4n) is 6.11. The molecule has 2 aromatic carbocycles. The van der Waals surface area contributed by atoms with Crippen molar-refractivity contribution < 1.29 is 32.6 Å². The number of aromatic nitrogens is 1. The Morgan fingerprint density at radius 2 is 1.70 bits per heavy atom. The summed E-state index contributed by atoms with van der Waals surface area (Å²) in [7, 11) is 1.65. The number of carboxylic acid groups (broad SMARTS) is 1. The lowest BCUT2D eigenvalue weighted by atomic mass is 9.84. The molecule has 1 aromatic heterocycles. The summed E-state index contributed by atoms with van der Waals surface area (Å²) in [6.07, 6.45) is 7.27. The number of carbonyl (C=O) groups excluding carboxylic acids is 1. The number of likely N-dealkylation sites (tertiary alicyclic amines) is 2. The number of rotatable bonds is 7. The molecule has 2 aliphatic rings. The molecule has 3 heterocycles. The van der Waals surface area contributed by atoms with Crippen LogP contribution in [0.4, 0.5) is 13.2 Å². The fourth-order valence-corrected chi connectivity index (χ4v) is 6.11. The normalized spacial score (nSPS) is 18.4. The Bertz CT molecular complexity index is 1400. The van der Waals surface area contributed by atoms with Crippen molar-refractivity contribution in [3.63, 3.8) is 0 Å². The number of ether oxygens (including phenoxy) is 1. The lowest BCUT2D eigenvalue weighted by Gasteiger charge is -2.41. The lowest BCUT2D eigenvalue weighted by molar-refractivity contribution is -0.147. The van der Waals surface area contributed by atoms with Gasteiger partial charge >= 0.3 is 5.97 Å². The molecule has 2 N–H and O–H groups in total. The average molecular weight is 556 g/mol. The van der Waals surface area contributed by atoms with Crippen molar-refractivity contribution in [2.75, 3.05) is 33.3 Å². The standard InChI is InChI=1S/C30H32F3N3O4/c1-40-21-3-4-26-22(16-21)23(17-34-26)19-6-12-36(13-7-19)29(30(38)39)20-8-10-35(11-9-20)27(37)5-2-18-14-24(31)28(33)25(32)15-18/h2-5,14-17,19-20,29,34H,6-13H2,1H3,(H,38,39). The van der Waals surface area contributed by atoms with E-state index in [1.54, 1.807) is 12.0 Å². The van der Waals surface area contributed by atoms with Gasteiger partial charge in [-0.15, -0.1) is 0 Å². The van der Waals surface area contributed by atoms with E-state index in [0.717, 1.165) is 41.6 Å². The highest BCUT2D eigenvalue weighted by molar-refractivity contribution is 5.92. The summed E-state index contributed by atoms with van der Waals surface area (Å²) in [6, 6.07) is 6.99. The van der Waals surface area contributed by atoms with Crippen LogP contribution in [0.1, 0.15) is 42.7 Å². The monoisotopic (exact) mass is 555 g/mol. The van der Waals surface area contributed by atoms with Crippen LogP contribution in [-0.2, 0) is 9.59 Å². The van der Waals surface area contributed by atoms with Gasteiger partial charge in [0.2, 0.25) is 5.91 Å². The molecule has 0 aliphatic carbocycles. The first kappa shape index (κ1) is 27.8. The van der Waals surface area contributed by atoms with Crippen LogP contribution in [0.15, 0.2) is 42.6 Å².